The number of hydrogen-bond donors (Lipinski definition) is 0. The van der Waals surface area contributed by atoms with Gasteiger partial charge in [-0.1, -0.05) is 37.8 Å². The second-order valence-electron chi connectivity index (χ2n) is 8.19. The van der Waals surface area contributed by atoms with Crippen molar-refractivity contribution >= 4 is 35.3 Å². The minimum absolute atomic E-state index is 0.0582. The van der Waals surface area contributed by atoms with Gasteiger partial charge in [-0.15, -0.1) is 11.3 Å². The number of fused-ring (bicyclic) bond motifs is 1. The molecule has 0 fully saturated rings. The summed E-state index contributed by atoms with van der Waals surface area (Å²) in [6.45, 7) is 10.2. The predicted molar refractivity (Wildman–Crippen MR) is 137 cm³/mol. The van der Waals surface area contributed by atoms with Gasteiger partial charge in [-0.25, -0.2) is 4.98 Å². The molecule has 5 nitrogen and oxygen atoms in total. The highest BCUT2D eigenvalue weighted by molar-refractivity contribution is 7.10. The predicted octanol–water partition coefficient (Wildman–Crippen LogP) is 6.75. The second-order valence-corrected chi connectivity index (χ2v) is 9.16. The van der Waals surface area contributed by atoms with Crippen LogP contribution in [0.15, 0.2) is 48.5 Å². The number of hydrogen-bond acceptors (Lipinski definition) is 4. The fourth-order valence-corrected chi connectivity index (χ4v) is 5.07. The zero-order valence-corrected chi connectivity index (χ0v) is 21.2. The molecule has 190 valence electrons. The molecular formula is C27H28F3N3O2S. The van der Waals surface area contributed by atoms with Crippen molar-refractivity contribution in [2.24, 2.45) is 0 Å². The van der Waals surface area contributed by atoms with E-state index in [0.717, 1.165) is 22.1 Å². The molecule has 0 N–H and O–H groups in total. The Bertz CT molecular complexity index is 1290. The Kier molecular flexibility index (Phi) is 8.68. The number of halogens is 3. The largest absolute Gasteiger partial charge is 0.416 e. The molecule has 1 aliphatic rings. The van der Waals surface area contributed by atoms with Gasteiger partial charge in [-0.05, 0) is 50.0 Å². The Morgan fingerprint density at radius 1 is 1.28 bits per heavy atom. The monoisotopic (exact) mass is 515 g/mol. The maximum absolute atomic E-state index is 12.9. The summed E-state index contributed by atoms with van der Waals surface area (Å²) in [6.07, 6.45) is 4.01. The van der Waals surface area contributed by atoms with Crippen LogP contribution in [0.2, 0.25) is 0 Å². The molecule has 3 aromatic rings. The lowest BCUT2D eigenvalue weighted by Crippen LogP contribution is -2.36. The Morgan fingerprint density at radius 2 is 2.03 bits per heavy atom. The summed E-state index contributed by atoms with van der Waals surface area (Å²) in [6, 6.07) is 5.38. The molecule has 3 heterocycles. The Balaban J connectivity index is 0.000000253. The van der Waals surface area contributed by atoms with Crippen molar-refractivity contribution in [2.75, 3.05) is 6.54 Å². The highest BCUT2D eigenvalue weighted by atomic mass is 32.1. The number of carbonyl (C=O) groups is 2. The maximum Gasteiger partial charge on any atom is 0.416 e. The van der Waals surface area contributed by atoms with Crippen molar-refractivity contribution in [1.29, 1.82) is 0 Å². The first-order valence-corrected chi connectivity index (χ1v) is 12.4. The van der Waals surface area contributed by atoms with E-state index in [1.54, 1.807) is 41.2 Å². The molecule has 9 heteroatoms. The van der Waals surface area contributed by atoms with Crippen molar-refractivity contribution < 1.29 is 22.8 Å². The van der Waals surface area contributed by atoms with E-state index in [1.165, 1.54) is 12.1 Å². The van der Waals surface area contributed by atoms with Crippen molar-refractivity contribution in [3.05, 3.63) is 87.1 Å². The average molecular weight is 516 g/mol. The molecular weight excluding hydrogens is 487 g/mol. The molecule has 2 aromatic heterocycles. The molecule has 1 aliphatic heterocycles. The molecule has 0 saturated carbocycles. The highest BCUT2D eigenvalue weighted by Crippen LogP contribution is 2.30. The fraction of sp³-hybridized carbons (Fsp3) is 0.296. The number of thiophene rings is 1. The SMILES string of the molecule is C=Cc1ncc(C(=O)N2CCc3c(C(C)=O)csc3C2)n1/C=C\C.CCc1cccc(C(F)(F)F)c1. The number of ketones is 1. The van der Waals surface area contributed by atoms with E-state index in [9.17, 15) is 22.8 Å². The van der Waals surface area contributed by atoms with Crippen molar-refractivity contribution in [3.8, 4) is 0 Å². The fourth-order valence-electron chi connectivity index (χ4n) is 3.92. The number of rotatable bonds is 5. The van der Waals surface area contributed by atoms with E-state index >= 15 is 0 Å². The standard InChI is InChI=1S/C18H19N3O2S.C9H9F3/c1-4-7-21-15(9-19-17(21)5-2)18(23)20-8-6-13-14(12(3)22)11-24-16(13)10-20;1-2-7-4-3-5-8(6-7)9(10,11)12/h4-5,7,9,11H,2,6,8,10H2,1,3H3;3-6H,2H2,1H3/b7-4-;. The molecule has 0 aliphatic carbocycles. The molecule has 0 spiro atoms. The van der Waals surface area contributed by atoms with Crippen LogP contribution in [0.1, 0.15) is 69.0 Å². The van der Waals surface area contributed by atoms with E-state index in [-0.39, 0.29) is 11.7 Å². The van der Waals surface area contributed by atoms with Crippen LogP contribution in [-0.2, 0) is 25.6 Å². The van der Waals surface area contributed by atoms with Crippen LogP contribution >= 0.6 is 11.3 Å². The molecule has 0 saturated heterocycles. The van der Waals surface area contributed by atoms with Gasteiger partial charge >= 0.3 is 6.18 Å². The van der Waals surface area contributed by atoms with Crippen LogP contribution in [0.4, 0.5) is 13.2 Å². The Hall–Kier alpha value is -3.46. The molecule has 4 rings (SSSR count). The van der Waals surface area contributed by atoms with Crippen LogP contribution in [0.5, 0.6) is 0 Å². The number of allylic oxidation sites excluding steroid dienone is 1. The van der Waals surface area contributed by atoms with Crippen LogP contribution in [0.3, 0.4) is 0 Å². The number of Topliss-reactive ketones (excluding diaryl/α,β-unsaturated/α-hetero) is 1. The van der Waals surface area contributed by atoms with Gasteiger partial charge in [0.05, 0.1) is 18.3 Å². The third kappa shape index (κ3) is 6.02. The van der Waals surface area contributed by atoms with Gasteiger partial charge in [0.25, 0.3) is 5.91 Å². The van der Waals surface area contributed by atoms with Gasteiger partial charge in [-0.3, -0.25) is 14.2 Å². The first-order chi connectivity index (χ1) is 17.1. The van der Waals surface area contributed by atoms with E-state index in [4.69, 9.17) is 0 Å². The van der Waals surface area contributed by atoms with Gasteiger partial charge in [0.1, 0.15) is 11.5 Å². The average Bonchev–Trinajstić information content (AvgIpc) is 3.47. The first kappa shape index (κ1) is 27.1. The molecule has 0 radical (unpaired) electrons. The summed E-state index contributed by atoms with van der Waals surface area (Å²) >= 11 is 1.55. The molecule has 1 aromatic carbocycles. The van der Waals surface area contributed by atoms with E-state index in [0.29, 0.717) is 43.0 Å². The first-order valence-electron chi connectivity index (χ1n) is 11.5. The number of alkyl halides is 3. The zero-order chi connectivity index (χ0) is 26.5. The van der Waals surface area contributed by atoms with Gasteiger partial charge < -0.3 is 4.90 Å². The number of nitrogens with zero attached hydrogens (tertiary/aromatic N) is 3. The van der Waals surface area contributed by atoms with Crippen LogP contribution < -0.4 is 0 Å². The molecule has 0 atom stereocenters. The lowest BCUT2D eigenvalue weighted by atomic mass is 10.0. The summed E-state index contributed by atoms with van der Waals surface area (Å²) < 4.78 is 38.1. The molecule has 0 bridgehead atoms. The van der Waals surface area contributed by atoms with Gasteiger partial charge in [0, 0.05) is 28.6 Å². The maximum atomic E-state index is 12.9. The van der Waals surface area contributed by atoms with E-state index < -0.39 is 11.7 Å². The Labute approximate surface area is 212 Å². The van der Waals surface area contributed by atoms with Gasteiger partial charge in [0.2, 0.25) is 0 Å². The number of imidazole rings is 1. The molecule has 1 amide bonds. The minimum Gasteiger partial charge on any atom is -0.332 e. The summed E-state index contributed by atoms with van der Waals surface area (Å²) in [7, 11) is 0. The zero-order valence-electron chi connectivity index (χ0n) is 20.4. The normalized spacial score (nSPS) is 13.2. The molecule has 36 heavy (non-hydrogen) atoms. The van der Waals surface area contributed by atoms with Gasteiger partial charge in [0.15, 0.2) is 5.78 Å². The van der Waals surface area contributed by atoms with Crippen LogP contribution in [0, 0.1) is 0 Å². The third-order valence-corrected chi connectivity index (χ3v) is 6.81. The number of aromatic nitrogens is 2. The smallest absolute Gasteiger partial charge is 0.332 e. The number of aryl methyl sites for hydroxylation is 1. The van der Waals surface area contributed by atoms with Crippen LogP contribution in [0.25, 0.3) is 12.3 Å². The number of carbonyl (C=O) groups excluding carboxylic acids is 2. The summed E-state index contributed by atoms with van der Waals surface area (Å²) in [5, 5.41) is 1.90. The third-order valence-electron chi connectivity index (χ3n) is 5.80. The highest BCUT2D eigenvalue weighted by Gasteiger charge is 2.30. The summed E-state index contributed by atoms with van der Waals surface area (Å²) in [4.78, 5) is 31.7. The minimum atomic E-state index is -4.22. The molecule has 0 unspecified atom stereocenters. The van der Waals surface area contributed by atoms with Crippen molar-refractivity contribution in [1.82, 2.24) is 14.5 Å². The number of benzene rings is 1. The lowest BCUT2D eigenvalue weighted by molar-refractivity contribution is -0.137. The van der Waals surface area contributed by atoms with E-state index in [1.807, 2.05) is 36.4 Å². The lowest BCUT2D eigenvalue weighted by Gasteiger charge is -2.27. The summed E-state index contributed by atoms with van der Waals surface area (Å²) in [5.41, 5.74) is 2.57. The van der Waals surface area contributed by atoms with E-state index in [2.05, 4.69) is 11.6 Å². The quantitative estimate of drug-likeness (QED) is 0.353. The number of amides is 1. The van der Waals surface area contributed by atoms with Gasteiger partial charge in [-0.2, -0.15) is 13.2 Å². The van der Waals surface area contributed by atoms with Crippen LogP contribution in [-0.4, -0.2) is 32.7 Å². The van der Waals surface area contributed by atoms with Crippen molar-refractivity contribution in [3.63, 3.8) is 0 Å². The van der Waals surface area contributed by atoms with Crippen molar-refractivity contribution in [2.45, 2.75) is 46.3 Å². The Morgan fingerprint density at radius 3 is 2.64 bits per heavy atom. The second kappa shape index (κ2) is 11.5. The summed E-state index contributed by atoms with van der Waals surface area (Å²) in [5.74, 6) is 0.676. The topological polar surface area (TPSA) is 55.2 Å².